The SMILES string of the molecule is O=C(N/N=C\c1ccc(Cl)cc1)C1CCN(Cc2ccc([N+](=O)[O-])cc2)CC1. The molecule has 3 rings (SSSR count). The molecule has 0 aromatic heterocycles. The van der Waals surface area contributed by atoms with Crippen LogP contribution >= 0.6 is 11.6 Å². The van der Waals surface area contributed by atoms with E-state index in [1.54, 1.807) is 30.5 Å². The van der Waals surface area contributed by atoms with Crippen molar-refractivity contribution in [2.75, 3.05) is 13.1 Å². The molecule has 8 heteroatoms. The Morgan fingerprint density at radius 2 is 1.82 bits per heavy atom. The summed E-state index contributed by atoms with van der Waals surface area (Å²) < 4.78 is 0. The fraction of sp³-hybridized carbons (Fsp3) is 0.300. The Bertz CT molecular complexity index is 845. The number of halogens is 1. The molecule has 1 amide bonds. The number of hydrazone groups is 1. The van der Waals surface area contributed by atoms with E-state index in [1.165, 1.54) is 12.1 Å². The van der Waals surface area contributed by atoms with Gasteiger partial charge in [0.25, 0.3) is 5.69 Å². The molecule has 0 radical (unpaired) electrons. The molecule has 1 N–H and O–H groups in total. The lowest BCUT2D eigenvalue weighted by Gasteiger charge is -2.30. The van der Waals surface area contributed by atoms with Crippen LogP contribution in [0.25, 0.3) is 0 Å². The molecule has 1 aliphatic heterocycles. The Balaban J connectivity index is 1.43. The van der Waals surface area contributed by atoms with Crippen LogP contribution in [0.4, 0.5) is 5.69 Å². The number of likely N-dealkylation sites (tertiary alicyclic amines) is 1. The molecule has 28 heavy (non-hydrogen) atoms. The number of piperidine rings is 1. The van der Waals surface area contributed by atoms with Crippen molar-refractivity contribution in [1.82, 2.24) is 10.3 Å². The molecule has 1 heterocycles. The summed E-state index contributed by atoms with van der Waals surface area (Å²) in [5, 5.41) is 15.4. The fourth-order valence-electron chi connectivity index (χ4n) is 3.15. The first-order valence-corrected chi connectivity index (χ1v) is 9.43. The Morgan fingerprint density at radius 3 is 2.43 bits per heavy atom. The molecule has 0 spiro atoms. The second kappa shape index (κ2) is 9.43. The average molecular weight is 401 g/mol. The molecular formula is C20H21ClN4O3. The highest BCUT2D eigenvalue weighted by molar-refractivity contribution is 6.30. The minimum atomic E-state index is -0.400. The summed E-state index contributed by atoms with van der Waals surface area (Å²) in [7, 11) is 0. The Morgan fingerprint density at radius 1 is 1.18 bits per heavy atom. The number of amides is 1. The number of benzene rings is 2. The highest BCUT2D eigenvalue weighted by Gasteiger charge is 2.24. The number of carbonyl (C=O) groups excluding carboxylic acids is 1. The monoisotopic (exact) mass is 400 g/mol. The molecule has 0 bridgehead atoms. The van der Waals surface area contributed by atoms with Crippen LogP contribution in [0.2, 0.25) is 5.02 Å². The van der Waals surface area contributed by atoms with Crippen molar-refractivity contribution >= 4 is 29.4 Å². The zero-order valence-electron chi connectivity index (χ0n) is 15.3. The highest BCUT2D eigenvalue weighted by atomic mass is 35.5. The van der Waals surface area contributed by atoms with Crippen molar-refractivity contribution in [2.45, 2.75) is 19.4 Å². The van der Waals surface area contributed by atoms with E-state index >= 15 is 0 Å². The molecule has 2 aromatic rings. The zero-order chi connectivity index (χ0) is 19.9. The third-order valence-corrected chi connectivity index (χ3v) is 5.02. The lowest BCUT2D eigenvalue weighted by Crippen LogP contribution is -2.39. The van der Waals surface area contributed by atoms with Crippen LogP contribution in [0.15, 0.2) is 53.6 Å². The van der Waals surface area contributed by atoms with E-state index in [4.69, 9.17) is 11.6 Å². The maximum absolute atomic E-state index is 12.3. The second-order valence-corrected chi connectivity index (χ2v) is 7.20. The van der Waals surface area contributed by atoms with Crippen LogP contribution in [0, 0.1) is 16.0 Å². The molecule has 2 aromatic carbocycles. The van der Waals surface area contributed by atoms with Crippen molar-refractivity contribution in [3.63, 3.8) is 0 Å². The third-order valence-electron chi connectivity index (χ3n) is 4.77. The van der Waals surface area contributed by atoms with Crippen LogP contribution in [-0.2, 0) is 11.3 Å². The molecule has 0 atom stereocenters. The molecule has 146 valence electrons. The van der Waals surface area contributed by atoms with E-state index in [-0.39, 0.29) is 17.5 Å². The third kappa shape index (κ3) is 5.61. The molecule has 0 unspecified atom stereocenters. The van der Waals surface area contributed by atoms with Gasteiger partial charge in [0, 0.05) is 29.6 Å². The first-order chi connectivity index (χ1) is 13.5. The van der Waals surface area contributed by atoms with E-state index in [0.29, 0.717) is 5.02 Å². The number of nitro groups is 1. The van der Waals surface area contributed by atoms with E-state index < -0.39 is 4.92 Å². The fourth-order valence-corrected chi connectivity index (χ4v) is 3.27. The van der Waals surface area contributed by atoms with Gasteiger partial charge in [0.15, 0.2) is 0 Å². The number of nitrogens with zero attached hydrogens (tertiary/aromatic N) is 3. The molecule has 0 saturated carbocycles. The Hall–Kier alpha value is -2.77. The smallest absolute Gasteiger partial charge is 0.269 e. The zero-order valence-corrected chi connectivity index (χ0v) is 16.0. The van der Waals surface area contributed by atoms with E-state index in [1.807, 2.05) is 12.1 Å². The van der Waals surface area contributed by atoms with Gasteiger partial charge in [-0.25, -0.2) is 5.43 Å². The minimum absolute atomic E-state index is 0.0597. The van der Waals surface area contributed by atoms with Crippen LogP contribution < -0.4 is 5.43 Å². The number of hydrogen-bond acceptors (Lipinski definition) is 5. The van der Waals surface area contributed by atoms with Crippen LogP contribution in [0.1, 0.15) is 24.0 Å². The second-order valence-electron chi connectivity index (χ2n) is 6.76. The van der Waals surface area contributed by atoms with Crippen molar-refractivity contribution in [2.24, 2.45) is 11.0 Å². The molecule has 1 saturated heterocycles. The predicted molar refractivity (Wildman–Crippen MR) is 108 cm³/mol. The van der Waals surface area contributed by atoms with Gasteiger partial charge in [-0.15, -0.1) is 0 Å². The maximum atomic E-state index is 12.3. The lowest BCUT2D eigenvalue weighted by molar-refractivity contribution is -0.384. The van der Waals surface area contributed by atoms with Crippen molar-refractivity contribution < 1.29 is 9.72 Å². The highest BCUT2D eigenvalue weighted by Crippen LogP contribution is 2.20. The largest absolute Gasteiger partial charge is 0.299 e. The Labute approximate surface area is 168 Å². The standard InChI is InChI=1S/C20H21ClN4O3/c21-18-5-1-15(2-6-18)13-22-23-20(26)17-9-11-24(12-10-17)14-16-3-7-19(8-4-16)25(27)28/h1-8,13,17H,9-12,14H2,(H,23,26)/b22-13-. The number of hydrogen-bond donors (Lipinski definition) is 1. The Kier molecular flexibility index (Phi) is 6.73. The molecule has 0 aliphatic carbocycles. The number of nitro benzene ring substituents is 1. The molecular weight excluding hydrogens is 380 g/mol. The summed E-state index contributed by atoms with van der Waals surface area (Å²) in [6, 6.07) is 13.8. The van der Waals surface area contributed by atoms with Crippen molar-refractivity contribution in [1.29, 1.82) is 0 Å². The summed E-state index contributed by atoms with van der Waals surface area (Å²) in [6.45, 7) is 2.33. The van der Waals surface area contributed by atoms with Gasteiger partial charge in [0.1, 0.15) is 0 Å². The van der Waals surface area contributed by atoms with E-state index in [9.17, 15) is 14.9 Å². The first kappa shape index (κ1) is 20.0. The topological polar surface area (TPSA) is 87.8 Å². The van der Waals surface area contributed by atoms with E-state index in [2.05, 4.69) is 15.4 Å². The normalized spacial score (nSPS) is 15.6. The van der Waals surface area contributed by atoms with Crippen molar-refractivity contribution in [3.05, 3.63) is 74.8 Å². The summed E-state index contributed by atoms with van der Waals surface area (Å²) >= 11 is 5.83. The van der Waals surface area contributed by atoms with Gasteiger partial charge in [0.2, 0.25) is 5.91 Å². The summed E-state index contributed by atoms with van der Waals surface area (Å²) in [4.78, 5) is 24.8. The van der Waals surface area contributed by atoms with Gasteiger partial charge in [-0.3, -0.25) is 19.8 Å². The van der Waals surface area contributed by atoms with Gasteiger partial charge >= 0.3 is 0 Å². The van der Waals surface area contributed by atoms with Crippen molar-refractivity contribution in [3.8, 4) is 0 Å². The van der Waals surface area contributed by atoms with Gasteiger partial charge in [-0.1, -0.05) is 35.9 Å². The number of carbonyl (C=O) groups is 1. The van der Waals surface area contributed by atoms with Crippen LogP contribution in [-0.4, -0.2) is 35.0 Å². The maximum Gasteiger partial charge on any atom is 0.269 e. The number of rotatable bonds is 6. The summed E-state index contributed by atoms with van der Waals surface area (Å²) in [5.41, 5.74) is 4.60. The number of non-ortho nitro benzene ring substituents is 1. The quantitative estimate of drug-likeness (QED) is 0.455. The average Bonchev–Trinajstić information content (AvgIpc) is 2.70. The lowest BCUT2D eigenvalue weighted by atomic mass is 9.96. The van der Waals surface area contributed by atoms with E-state index in [0.717, 1.165) is 43.6 Å². The molecule has 1 fully saturated rings. The minimum Gasteiger partial charge on any atom is -0.299 e. The van der Waals surface area contributed by atoms with Gasteiger partial charge in [0.05, 0.1) is 11.1 Å². The van der Waals surface area contributed by atoms with Crippen LogP contribution in [0.5, 0.6) is 0 Å². The van der Waals surface area contributed by atoms with Gasteiger partial charge in [-0.05, 0) is 49.2 Å². The molecule has 1 aliphatic rings. The number of nitrogens with one attached hydrogen (secondary N) is 1. The first-order valence-electron chi connectivity index (χ1n) is 9.05. The predicted octanol–water partition coefficient (Wildman–Crippen LogP) is 3.61. The summed E-state index contributed by atoms with van der Waals surface area (Å²) in [5.74, 6) is -0.129. The summed E-state index contributed by atoms with van der Waals surface area (Å²) in [6.07, 6.45) is 3.11. The van der Waals surface area contributed by atoms with Gasteiger partial charge in [-0.2, -0.15) is 5.10 Å². The van der Waals surface area contributed by atoms with Crippen LogP contribution in [0.3, 0.4) is 0 Å². The van der Waals surface area contributed by atoms with Gasteiger partial charge < -0.3 is 0 Å². The molecule has 7 nitrogen and oxygen atoms in total.